The minimum Gasteiger partial charge on any atom is -0.497 e. The number of hydrogen-bond acceptors (Lipinski definition) is 4. The van der Waals surface area contributed by atoms with Crippen LogP contribution < -0.4 is 10.2 Å². The quantitative estimate of drug-likeness (QED) is 0.327. The molecule has 6 heteroatoms. The molecule has 160 valence electrons. The zero-order chi connectivity index (χ0) is 22.2. The summed E-state index contributed by atoms with van der Waals surface area (Å²) in [6.45, 7) is 0.445. The van der Waals surface area contributed by atoms with Crippen LogP contribution in [0.2, 0.25) is 0 Å². The molecule has 1 aromatic heterocycles. The summed E-state index contributed by atoms with van der Waals surface area (Å²) in [5.74, 6) is 0.597. The summed E-state index contributed by atoms with van der Waals surface area (Å²) in [4.78, 5) is 12.3. The lowest BCUT2D eigenvalue weighted by atomic mass is 10.1. The lowest BCUT2D eigenvalue weighted by Gasteiger charge is -2.07. The van der Waals surface area contributed by atoms with E-state index in [2.05, 4.69) is 16.6 Å². The number of nitrogens with one attached hydrogen (secondary N) is 1. The maximum atomic E-state index is 12.3. The molecule has 4 rings (SSSR count). The highest BCUT2D eigenvalue weighted by molar-refractivity contribution is 5.82. The fraction of sp³-hybridized carbons (Fsp3) is 0.115. The van der Waals surface area contributed by atoms with Crippen LogP contribution in [-0.4, -0.2) is 29.0 Å². The van der Waals surface area contributed by atoms with Crippen LogP contribution in [0.3, 0.4) is 0 Å². The van der Waals surface area contributed by atoms with Crippen molar-refractivity contribution in [2.75, 3.05) is 7.11 Å². The van der Waals surface area contributed by atoms with Gasteiger partial charge in [-0.05, 0) is 41.5 Å². The average molecular weight is 425 g/mol. The zero-order valence-electron chi connectivity index (χ0n) is 17.8. The maximum Gasteiger partial charge on any atom is 0.241 e. The Bertz CT molecular complexity index is 1180. The molecule has 1 N–H and O–H groups in total. The SMILES string of the molecule is COc1ccc(/C=N\NC(=O)CCn2nc(-c3ccccc3)cc2-c2ccccc2)cc1. The molecule has 32 heavy (non-hydrogen) atoms. The number of nitrogens with zero attached hydrogens (tertiary/aromatic N) is 3. The molecule has 0 bridgehead atoms. The Morgan fingerprint density at radius 3 is 2.28 bits per heavy atom. The molecule has 0 radical (unpaired) electrons. The van der Waals surface area contributed by atoms with Crippen LogP contribution >= 0.6 is 0 Å². The number of benzene rings is 3. The number of aromatic nitrogens is 2. The van der Waals surface area contributed by atoms with Gasteiger partial charge in [0, 0.05) is 12.0 Å². The Hall–Kier alpha value is -4.19. The normalized spacial score (nSPS) is 10.9. The third-order valence-electron chi connectivity index (χ3n) is 4.99. The molecule has 3 aromatic carbocycles. The highest BCUT2D eigenvalue weighted by atomic mass is 16.5. The van der Waals surface area contributed by atoms with Gasteiger partial charge in [0.15, 0.2) is 0 Å². The zero-order valence-corrected chi connectivity index (χ0v) is 17.8. The van der Waals surface area contributed by atoms with Gasteiger partial charge in [-0.1, -0.05) is 60.7 Å². The molecular formula is C26H24N4O2. The molecule has 0 aliphatic rings. The molecular weight excluding hydrogens is 400 g/mol. The van der Waals surface area contributed by atoms with E-state index in [0.717, 1.165) is 33.8 Å². The second kappa shape index (κ2) is 10.2. The van der Waals surface area contributed by atoms with E-state index >= 15 is 0 Å². The van der Waals surface area contributed by atoms with Crippen molar-refractivity contribution in [2.24, 2.45) is 5.10 Å². The van der Waals surface area contributed by atoms with Crippen molar-refractivity contribution >= 4 is 12.1 Å². The first-order chi connectivity index (χ1) is 15.7. The Morgan fingerprint density at radius 2 is 1.62 bits per heavy atom. The Kier molecular flexibility index (Phi) is 6.72. The first kappa shape index (κ1) is 21.1. The van der Waals surface area contributed by atoms with Crippen molar-refractivity contribution in [1.82, 2.24) is 15.2 Å². The molecule has 0 saturated heterocycles. The van der Waals surface area contributed by atoms with Crippen LogP contribution in [0.5, 0.6) is 5.75 Å². The van der Waals surface area contributed by atoms with Crippen LogP contribution in [0, 0.1) is 0 Å². The van der Waals surface area contributed by atoms with Crippen LogP contribution in [0.15, 0.2) is 96.1 Å². The summed E-state index contributed by atoms with van der Waals surface area (Å²) in [5, 5.41) is 8.81. The average Bonchev–Trinajstić information content (AvgIpc) is 3.29. The molecule has 4 aromatic rings. The summed E-state index contributed by atoms with van der Waals surface area (Å²) in [6, 6.07) is 29.6. The Balaban J connectivity index is 1.44. The number of aryl methyl sites for hydroxylation is 1. The number of carbonyl (C=O) groups excluding carboxylic acids is 1. The van der Waals surface area contributed by atoms with Gasteiger partial charge in [-0.15, -0.1) is 0 Å². The van der Waals surface area contributed by atoms with Gasteiger partial charge in [0.05, 0.1) is 31.3 Å². The molecule has 0 aliphatic heterocycles. The fourth-order valence-corrected chi connectivity index (χ4v) is 3.31. The van der Waals surface area contributed by atoms with E-state index in [1.165, 1.54) is 0 Å². The van der Waals surface area contributed by atoms with Crippen molar-refractivity contribution in [3.8, 4) is 28.3 Å². The molecule has 0 aliphatic carbocycles. The first-order valence-electron chi connectivity index (χ1n) is 10.4. The van der Waals surface area contributed by atoms with E-state index in [1.54, 1.807) is 13.3 Å². The number of rotatable bonds is 8. The van der Waals surface area contributed by atoms with E-state index < -0.39 is 0 Å². The lowest BCUT2D eigenvalue weighted by Crippen LogP contribution is -2.20. The van der Waals surface area contributed by atoms with Gasteiger partial charge in [0.2, 0.25) is 5.91 Å². The summed E-state index contributed by atoms with van der Waals surface area (Å²) < 4.78 is 7.01. The summed E-state index contributed by atoms with van der Waals surface area (Å²) >= 11 is 0. The van der Waals surface area contributed by atoms with Crippen molar-refractivity contribution in [3.63, 3.8) is 0 Å². The largest absolute Gasteiger partial charge is 0.497 e. The second-order valence-corrected chi connectivity index (χ2v) is 7.19. The first-order valence-corrected chi connectivity index (χ1v) is 10.4. The molecule has 0 fully saturated rings. The van der Waals surface area contributed by atoms with E-state index in [-0.39, 0.29) is 12.3 Å². The molecule has 0 saturated carbocycles. The highest BCUT2D eigenvalue weighted by Crippen LogP contribution is 2.26. The summed E-state index contributed by atoms with van der Waals surface area (Å²) in [6.07, 6.45) is 1.86. The summed E-state index contributed by atoms with van der Waals surface area (Å²) in [7, 11) is 1.62. The molecule has 0 unspecified atom stereocenters. The number of hydrogen-bond donors (Lipinski definition) is 1. The van der Waals surface area contributed by atoms with Crippen molar-refractivity contribution in [3.05, 3.63) is 96.6 Å². The number of hydrazone groups is 1. The Labute approximate surface area is 187 Å². The van der Waals surface area contributed by atoms with Gasteiger partial charge in [0.1, 0.15) is 5.75 Å². The van der Waals surface area contributed by atoms with Gasteiger partial charge in [0.25, 0.3) is 0 Å². The minimum absolute atomic E-state index is 0.175. The minimum atomic E-state index is -0.175. The number of ether oxygens (including phenoxy) is 1. The molecule has 6 nitrogen and oxygen atoms in total. The monoisotopic (exact) mass is 424 g/mol. The van der Waals surface area contributed by atoms with Crippen LogP contribution in [0.4, 0.5) is 0 Å². The van der Waals surface area contributed by atoms with Crippen LogP contribution in [-0.2, 0) is 11.3 Å². The van der Waals surface area contributed by atoms with E-state index in [0.29, 0.717) is 6.54 Å². The predicted molar refractivity (Wildman–Crippen MR) is 126 cm³/mol. The Morgan fingerprint density at radius 1 is 0.969 bits per heavy atom. The van der Waals surface area contributed by atoms with Gasteiger partial charge in [-0.25, -0.2) is 5.43 Å². The van der Waals surface area contributed by atoms with Gasteiger partial charge in [-0.3, -0.25) is 9.48 Å². The molecule has 0 atom stereocenters. The van der Waals surface area contributed by atoms with E-state index in [9.17, 15) is 4.79 Å². The second-order valence-electron chi connectivity index (χ2n) is 7.19. The van der Waals surface area contributed by atoms with Crippen molar-refractivity contribution in [2.45, 2.75) is 13.0 Å². The number of carbonyl (C=O) groups is 1. The molecule has 1 amide bonds. The number of amides is 1. The van der Waals surface area contributed by atoms with Crippen LogP contribution in [0.25, 0.3) is 22.5 Å². The van der Waals surface area contributed by atoms with Crippen molar-refractivity contribution in [1.29, 1.82) is 0 Å². The van der Waals surface area contributed by atoms with E-state index in [4.69, 9.17) is 9.84 Å². The maximum absolute atomic E-state index is 12.3. The van der Waals surface area contributed by atoms with Crippen LogP contribution in [0.1, 0.15) is 12.0 Å². The van der Waals surface area contributed by atoms with Gasteiger partial charge < -0.3 is 4.74 Å². The smallest absolute Gasteiger partial charge is 0.241 e. The molecule has 0 spiro atoms. The van der Waals surface area contributed by atoms with Gasteiger partial charge in [-0.2, -0.15) is 10.2 Å². The third-order valence-corrected chi connectivity index (χ3v) is 4.99. The lowest BCUT2D eigenvalue weighted by molar-refractivity contribution is -0.121. The van der Waals surface area contributed by atoms with Crippen molar-refractivity contribution < 1.29 is 9.53 Å². The van der Waals surface area contributed by atoms with E-state index in [1.807, 2.05) is 89.6 Å². The topological polar surface area (TPSA) is 68.5 Å². The summed E-state index contributed by atoms with van der Waals surface area (Å²) in [5.41, 5.74) is 7.40. The fourth-order valence-electron chi connectivity index (χ4n) is 3.31. The van der Waals surface area contributed by atoms with Gasteiger partial charge >= 0.3 is 0 Å². The predicted octanol–water partition coefficient (Wildman–Crippen LogP) is 4.77. The third kappa shape index (κ3) is 5.29. The standard InChI is InChI=1S/C26H24N4O2/c1-32-23-14-12-20(13-15-23)19-27-28-26(31)16-17-30-25(22-10-6-3-7-11-22)18-24(29-30)21-8-4-2-5-9-21/h2-15,18-19H,16-17H2,1H3,(H,28,31)/b27-19-. The number of methoxy groups -OCH3 is 1. The highest BCUT2D eigenvalue weighted by Gasteiger charge is 2.12. The molecule has 1 heterocycles.